The van der Waals surface area contributed by atoms with Gasteiger partial charge in [0.2, 0.25) is 5.91 Å². The molecule has 0 aliphatic carbocycles. The zero-order valence-corrected chi connectivity index (χ0v) is 11.0. The Balaban J connectivity index is 2.10. The number of nitrogens with zero attached hydrogens (tertiary/aromatic N) is 3. The Kier molecular flexibility index (Phi) is 3.62. The molecule has 0 aromatic carbocycles. The maximum atomic E-state index is 11.9. The van der Waals surface area contributed by atoms with E-state index in [4.69, 9.17) is 5.73 Å². The summed E-state index contributed by atoms with van der Waals surface area (Å²) < 4.78 is 1.79. The minimum Gasteiger partial charge on any atom is -0.329 e. The van der Waals surface area contributed by atoms with Crippen LogP contribution in [0.1, 0.15) is 13.8 Å². The standard InChI is InChI=1S/C13H17N5O/c1-13(2,8-14)12(19)17-10-3-4-11(16-7-10)18-6-5-15-9-18/h3-7,9H,8,14H2,1-2H3,(H,17,19). The number of hydrogen-bond acceptors (Lipinski definition) is 4. The van der Waals surface area contributed by atoms with Gasteiger partial charge in [-0.25, -0.2) is 9.97 Å². The predicted octanol–water partition coefficient (Wildman–Crippen LogP) is 1.19. The number of carbonyl (C=O) groups excluding carboxylic acids is 1. The minimum absolute atomic E-state index is 0.118. The first-order valence-electron chi connectivity index (χ1n) is 5.99. The number of pyridine rings is 1. The molecule has 100 valence electrons. The van der Waals surface area contributed by atoms with Crippen molar-refractivity contribution in [1.29, 1.82) is 0 Å². The second-order valence-corrected chi connectivity index (χ2v) is 4.92. The highest BCUT2D eigenvalue weighted by Gasteiger charge is 2.25. The molecular formula is C13H17N5O. The minimum atomic E-state index is -0.594. The maximum absolute atomic E-state index is 11.9. The van der Waals surface area contributed by atoms with Gasteiger partial charge in [-0.15, -0.1) is 0 Å². The van der Waals surface area contributed by atoms with Crippen molar-refractivity contribution in [1.82, 2.24) is 14.5 Å². The Labute approximate surface area is 111 Å². The van der Waals surface area contributed by atoms with Crippen LogP contribution in [0.15, 0.2) is 37.1 Å². The molecule has 0 atom stereocenters. The van der Waals surface area contributed by atoms with Crippen LogP contribution in [0.2, 0.25) is 0 Å². The van der Waals surface area contributed by atoms with Crippen LogP contribution in [-0.2, 0) is 4.79 Å². The molecule has 2 aromatic heterocycles. The summed E-state index contributed by atoms with van der Waals surface area (Å²) in [6, 6.07) is 3.61. The van der Waals surface area contributed by atoms with Crippen LogP contribution in [0.4, 0.5) is 5.69 Å². The van der Waals surface area contributed by atoms with Gasteiger partial charge in [-0.2, -0.15) is 0 Å². The average Bonchev–Trinajstić information content (AvgIpc) is 2.93. The third kappa shape index (κ3) is 2.97. The normalized spacial score (nSPS) is 11.3. The van der Waals surface area contributed by atoms with Gasteiger partial charge >= 0.3 is 0 Å². The van der Waals surface area contributed by atoms with Gasteiger partial charge in [-0.1, -0.05) is 0 Å². The molecule has 0 spiro atoms. The van der Waals surface area contributed by atoms with Crippen LogP contribution >= 0.6 is 0 Å². The third-order valence-electron chi connectivity index (χ3n) is 2.90. The first-order chi connectivity index (χ1) is 9.03. The van der Waals surface area contributed by atoms with Crippen molar-refractivity contribution in [3.8, 4) is 5.82 Å². The fraction of sp³-hybridized carbons (Fsp3) is 0.308. The summed E-state index contributed by atoms with van der Waals surface area (Å²) in [6.07, 6.45) is 6.76. The lowest BCUT2D eigenvalue weighted by Crippen LogP contribution is -2.37. The predicted molar refractivity (Wildman–Crippen MR) is 72.8 cm³/mol. The summed E-state index contributed by atoms with van der Waals surface area (Å²) in [5.41, 5.74) is 5.62. The lowest BCUT2D eigenvalue weighted by molar-refractivity contribution is -0.123. The summed E-state index contributed by atoms with van der Waals surface area (Å²) in [5.74, 6) is 0.626. The fourth-order valence-corrected chi connectivity index (χ4v) is 1.40. The van der Waals surface area contributed by atoms with Crippen molar-refractivity contribution in [2.45, 2.75) is 13.8 Å². The molecule has 0 bridgehead atoms. The van der Waals surface area contributed by atoms with E-state index in [0.29, 0.717) is 12.2 Å². The van der Waals surface area contributed by atoms with Gasteiger partial charge in [0, 0.05) is 18.9 Å². The lowest BCUT2D eigenvalue weighted by Gasteiger charge is -2.21. The van der Waals surface area contributed by atoms with E-state index in [1.165, 1.54) is 0 Å². The summed E-state index contributed by atoms with van der Waals surface area (Å²) in [5, 5.41) is 2.80. The van der Waals surface area contributed by atoms with Crippen LogP contribution in [-0.4, -0.2) is 27.0 Å². The second-order valence-electron chi connectivity index (χ2n) is 4.92. The molecule has 0 aliphatic rings. The Bertz CT molecular complexity index is 545. The van der Waals surface area contributed by atoms with E-state index in [-0.39, 0.29) is 5.91 Å². The van der Waals surface area contributed by atoms with E-state index in [1.54, 1.807) is 49.4 Å². The van der Waals surface area contributed by atoms with E-state index in [2.05, 4.69) is 15.3 Å². The summed E-state index contributed by atoms with van der Waals surface area (Å²) in [7, 11) is 0. The quantitative estimate of drug-likeness (QED) is 0.863. The van der Waals surface area contributed by atoms with E-state index in [0.717, 1.165) is 5.82 Å². The van der Waals surface area contributed by atoms with Gasteiger partial charge in [-0.3, -0.25) is 9.36 Å². The van der Waals surface area contributed by atoms with Crippen LogP contribution in [0.3, 0.4) is 0 Å². The molecule has 0 radical (unpaired) electrons. The topological polar surface area (TPSA) is 85.8 Å². The van der Waals surface area contributed by atoms with E-state index < -0.39 is 5.41 Å². The molecule has 6 heteroatoms. The smallest absolute Gasteiger partial charge is 0.231 e. The van der Waals surface area contributed by atoms with Gasteiger partial charge in [-0.05, 0) is 26.0 Å². The second kappa shape index (κ2) is 5.19. The lowest BCUT2D eigenvalue weighted by atomic mass is 9.92. The van der Waals surface area contributed by atoms with Gasteiger partial charge in [0.05, 0.1) is 17.3 Å². The number of nitrogens with one attached hydrogen (secondary N) is 1. The number of rotatable bonds is 4. The van der Waals surface area contributed by atoms with E-state index in [1.807, 2.05) is 6.07 Å². The molecular weight excluding hydrogens is 242 g/mol. The van der Waals surface area contributed by atoms with E-state index >= 15 is 0 Å². The van der Waals surface area contributed by atoms with Crippen LogP contribution in [0.25, 0.3) is 5.82 Å². The SMILES string of the molecule is CC(C)(CN)C(=O)Nc1ccc(-n2ccnc2)nc1. The molecule has 19 heavy (non-hydrogen) atoms. The summed E-state index contributed by atoms with van der Waals surface area (Å²) in [4.78, 5) is 20.2. The molecule has 0 aliphatic heterocycles. The van der Waals surface area contributed by atoms with Crippen LogP contribution in [0.5, 0.6) is 0 Å². The van der Waals surface area contributed by atoms with Crippen molar-refractivity contribution >= 4 is 11.6 Å². The van der Waals surface area contributed by atoms with Crippen LogP contribution < -0.4 is 11.1 Å². The van der Waals surface area contributed by atoms with Crippen LogP contribution in [0, 0.1) is 5.41 Å². The third-order valence-corrected chi connectivity index (χ3v) is 2.90. The highest BCUT2D eigenvalue weighted by Crippen LogP contribution is 2.17. The van der Waals surface area contributed by atoms with Gasteiger partial charge < -0.3 is 11.1 Å². The molecule has 2 rings (SSSR count). The number of hydrogen-bond donors (Lipinski definition) is 2. The number of carbonyl (C=O) groups is 1. The molecule has 0 saturated heterocycles. The highest BCUT2D eigenvalue weighted by molar-refractivity contribution is 5.94. The van der Waals surface area contributed by atoms with Gasteiger partial charge in [0.15, 0.2) is 0 Å². The summed E-state index contributed by atoms with van der Waals surface area (Å²) in [6.45, 7) is 3.89. The highest BCUT2D eigenvalue weighted by atomic mass is 16.2. The Morgan fingerprint density at radius 1 is 1.47 bits per heavy atom. The Morgan fingerprint density at radius 3 is 2.79 bits per heavy atom. The molecule has 2 aromatic rings. The molecule has 2 heterocycles. The molecule has 0 saturated carbocycles. The zero-order chi connectivity index (χ0) is 13.9. The Morgan fingerprint density at radius 2 is 2.26 bits per heavy atom. The number of imidazole rings is 1. The van der Waals surface area contributed by atoms with E-state index in [9.17, 15) is 4.79 Å². The first kappa shape index (κ1) is 13.2. The summed E-state index contributed by atoms with van der Waals surface area (Å²) >= 11 is 0. The van der Waals surface area contributed by atoms with Crippen molar-refractivity contribution in [2.24, 2.45) is 11.1 Å². The molecule has 6 nitrogen and oxygen atoms in total. The van der Waals surface area contributed by atoms with Crippen molar-refractivity contribution in [3.05, 3.63) is 37.1 Å². The van der Waals surface area contributed by atoms with Gasteiger partial charge in [0.25, 0.3) is 0 Å². The number of anilines is 1. The molecule has 1 amide bonds. The fourth-order valence-electron chi connectivity index (χ4n) is 1.40. The zero-order valence-electron chi connectivity index (χ0n) is 11.0. The van der Waals surface area contributed by atoms with Crippen molar-refractivity contribution in [2.75, 3.05) is 11.9 Å². The Hall–Kier alpha value is -2.21. The molecule has 0 unspecified atom stereocenters. The molecule has 3 N–H and O–H groups in total. The number of amides is 1. The van der Waals surface area contributed by atoms with Crippen molar-refractivity contribution in [3.63, 3.8) is 0 Å². The molecule has 0 fully saturated rings. The first-order valence-corrected chi connectivity index (χ1v) is 5.99. The van der Waals surface area contributed by atoms with Crippen molar-refractivity contribution < 1.29 is 4.79 Å². The maximum Gasteiger partial charge on any atom is 0.231 e. The largest absolute Gasteiger partial charge is 0.329 e. The monoisotopic (exact) mass is 259 g/mol. The van der Waals surface area contributed by atoms with Gasteiger partial charge in [0.1, 0.15) is 12.1 Å². The number of aromatic nitrogens is 3. The number of nitrogens with two attached hydrogens (primary N) is 1. The average molecular weight is 259 g/mol.